The molecular formula is C11H9F2N3. The van der Waals surface area contributed by atoms with Crippen molar-refractivity contribution in [3.63, 3.8) is 0 Å². The average Bonchev–Trinajstić information content (AvgIpc) is 2.30. The summed E-state index contributed by atoms with van der Waals surface area (Å²) < 4.78 is 25.6. The first kappa shape index (κ1) is 10.6. The molecular weight excluding hydrogens is 212 g/mol. The third-order valence-corrected chi connectivity index (χ3v) is 2.07. The van der Waals surface area contributed by atoms with Crippen LogP contribution in [0.2, 0.25) is 0 Å². The number of aryl methyl sites for hydroxylation is 1. The fourth-order valence-corrected chi connectivity index (χ4v) is 1.37. The number of rotatable bonds is 2. The van der Waals surface area contributed by atoms with E-state index in [0.29, 0.717) is 5.56 Å². The topological polar surface area (TPSA) is 38.7 Å². The molecule has 0 aliphatic heterocycles. The highest BCUT2D eigenvalue weighted by Crippen LogP contribution is 2.27. The quantitative estimate of drug-likeness (QED) is 0.782. The van der Waals surface area contributed by atoms with Crippen molar-refractivity contribution in [3.8, 4) is 11.5 Å². The summed E-state index contributed by atoms with van der Waals surface area (Å²) in [5.74, 6) is 0.220. The van der Waals surface area contributed by atoms with Gasteiger partial charge in [0.05, 0.1) is 0 Å². The van der Waals surface area contributed by atoms with E-state index in [1.54, 1.807) is 13.0 Å². The van der Waals surface area contributed by atoms with Crippen molar-refractivity contribution >= 4 is 0 Å². The molecule has 0 fully saturated rings. The zero-order valence-corrected chi connectivity index (χ0v) is 8.56. The van der Waals surface area contributed by atoms with E-state index in [4.69, 9.17) is 0 Å². The molecule has 2 aromatic heterocycles. The molecule has 0 bridgehead atoms. The standard InChI is InChI=1S/C11H9F2N3/c1-7-5-8(10(12)13)9(16-6-7)11-14-3-2-4-15-11/h2-6,10H,1H3. The third-order valence-electron chi connectivity index (χ3n) is 2.07. The highest BCUT2D eigenvalue weighted by atomic mass is 19.3. The van der Waals surface area contributed by atoms with Crippen LogP contribution in [-0.4, -0.2) is 15.0 Å². The van der Waals surface area contributed by atoms with Crippen LogP contribution in [0.1, 0.15) is 17.6 Å². The molecule has 82 valence electrons. The van der Waals surface area contributed by atoms with Crippen molar-refractivity contribution in [1.29, 1.82) is 0 Å². The summed E-state index contributed by atoms with van der Waals surface area (Å²) >= 11 is 0. The van der Waals surface area contributed by atoms with Crippen molar-refractivity contribution in [2.24, 2.45) is 0 Å². The van der Waals surface area contributed by atoms with Crippen LogP contribution in [0.3, 0.4) is 0 Å². The number of nitrogens with zero attached hydrogens (tertiary/aromatic N) is 3. The normalized spacial score (nSPS) is 10.8. The Morgan fingerprint density at radius 3 is 2.44 bits per heavy atom. The van der Waals surface area contributed by atoms with Crippen LogP contribution in [0.4, 0.5) is 8.78 Å². The molecule has 0 atom stereocenters. The predicted octanol–water partition coefficient (Wildman–Crippen LogP) is 2.78. The van der Waals surface area contributed by atoms with E-state index < -0.39 is 6.43 Å². The van der Waals surface area contributed by atoms with Gasteiger partial charge >= 0.3 is 0 Å². The van der Waals surface area contributed by atoms with E-state index >= 15 is 0 Å². The summed E-state index contributed by atoms with van der Waals surface area (Å²) in [5, 5.41) is 0. The van der Waals surface area contributed by atoms with Gasteiger partial charge in [-0.05, 0) is 24.6 Å². The molecule has 0 radical (unpaired) electrons. The van der Waals surface area contributed by atoms with Crippen molar-refractivity contribution in [2.75, 3.05) is 0 Å². The number of hydrogen-bond donors (Lipinski definition) is 0. The minimum absolute atomic E-state index is 0.133. The first-order valence-corrected chi connectivity index (χ1v) is 4.70. The van der Waals surface area contributed by atoms with Gasteiger partial charge in [0.2, 0.25) is 0 Å². The fourth-order valence-electron chi connectivity index (χ4n) is 1.37. The molecule has 0 saturated heterocycles. The lowest BCUT2D eigenvalue weighted by Crippen LogP contribution is -1.98. The van der Waals surface area contributed by atoms with Crippen molar-refractivity contribution < 1.29 is 8.78 Å². The maximum atomic E-state index is 12.8. The number of alkyl halides is 2. The van der Waals surface area contributed by atoms with E-state index in [0.717, 1.165) is 0 Å². The molecule has 5 heteroatoms. The van der Waals surface area contributed by atoms with E-state index in [1.165, 1.54) is 24.7 Å². The second kappa shape index (κ2) is 4.30. The van der Waals surface area contributed by atoms with Gasteiger partial charge in [-0.2, -0.15) is 0 Å². The Hall–Kier alpha value is -1.91. The van der Waals surface area contributed by atoms with E-state index in [1.807, 2.05) is 0 Å². The third kappa shape index (κ3) is 2.03. The van der Waals surface area contributed by atoms with E-state index in [-0.39, 0.29) is 17.1 Å². The molecule has 2 rings (SSSR count). The summed E-state index contributed by atoms with van der Waals surface area (Å²) in [6, 6.07) is 3.03. The second-order valence-electron chi connectivity index (χ2n) is 3.32. The molecule has 3 nitrogen and oxygen atoms in total. The molecule has 0 saturated carbocycles. The van der Waals surface area contributed by atoms with Gasteiger partial charge in [0.15, 0.2) is 5.82 Å². The van der Waals surface area contributed by atoms with Crippen LogP contribution >= 0.6 is 0 Å². The van der Waals surface area contributed by atoms with Crippen molar-refractivity contribution in [2.45, 2.75) is 13.3 Å². The van der Waals surface area contributed by atoms with Crippen LogP contribution in [0, 0.1) is 6.92 Å². The second-order valence-corrected chi connectivity index (χ2v) is 3.32. The first-order chi connectivity index (χ1) is 7.68. The lowest BCUT2D eigenvalue weighted by Gasteiger charge is -2.07. The van der Waals surface area contributed by atoms with Gasteiger partial charge in [-0.15, -0.1) is 0 Å². The Labute approximate surface area is 91.2 Å². The number of aromatic nitrogens is 3. The first-order valence-electron chi connectivity index (χ1n) is 4.70. The smallest absolute Gasteiger partial charge is 0.252 e. The van der Waals surface area contributed by atoms with Gasteiger partial charge in [0.25, 0.3) is 6.43 Å². The van der Waals surface area contributed by atoms with Gasteiger partial charge in [0, 0.05) is 24.2 Å². The van der Waals surface area contributed by atoms with Gasteiger partial charge in [0.1, 0.15) is 5.69 Å². The van der Waals surface area contributed by atoms with Gasteiger partial charge in [-0.3, -0.25) is 4.98 Å². The Balaban J connectivity index is 2.57. The SMILES string of the molecule is Cc1cnc(-c2ncccn2)c(C(F)F)c1. The van der Waals surface area contributed by atoms with Crippen molar-refractivity contribution in [1.82, 2.24) is 15.0 Å². The molecule has 0 N–H and O–H groups in total. The molecule has 0 aromatic carbocycles. The number of pyridine rings is 1. The van der Waals surface area contributed by atoms with Crippen LogP contribution in [0.15, 0.2) is 30.7 Å². The highest BCUT2D eigenvalue weighted by molar-refractivity contribution is 5.55. The van der Waals surface area contributed by atoms with Crippen LogP contribution in [0.25, 0.3) is 11.5 Å². The minimum atomic E-state index is -2.58. The van der Waals surface area contributed by atoms with Crippen molar-refractivity contribution in [3.05, 3.63) is 41.9 Å². The van der Waals surface area contributed by atoms with E-state index in [2.05, 4.69) is 15.0 Å². The Bertz CT molecular complexity index is 486. The number of hydrogen-bond acceptors (Lipinski definition) is 3. The molecule has 16 heavy (non-hydrogen) atoms. The minimum Gasteiger partial charge on any atom is -0.252 e. The average molecular weight is 221 g/mol. The molecule has 0 amide bonds. The molecule has 0 aliphatic carbocycles. The van der Waals surface area contributed by atoms with Crippen LogP contribution < -0.4 is 0 Å². The van der Waals surface area contributed by atoms with Crippen LogP contribution in [0.5, 0.6) is 0 Å². The maximum Gasteiger partial charge on any atom is 0.266 e. The molecule has 0 spiro atoms. The Kier molecular flexibility index (Phi) is 2.85. The monoisotopic (exact) mass is 221 g/mol. The summed E-state index contributed by atoms with van der Waals surface area (Å²) in [7, 11) is 0. The highest BCUT2D eigenvalue weighted by Gasteiger charge is 2.17. The zero-order valence-electron chi connectivity index (χ0n) is 8.56. The molecule has 2 aromatic rings. The Morgan fingerprint density at radius 1 is 1.12 bits per heavy atom. The fraction of sp³-hybridized carbons (Fsp3) is 0.182. The molecule has 0 aliphatic rings. The maximum absolute atomic E-state index is 12.8. The van der Waals surface area contributed by atoms with Gasteiger partial charge in [-0.25, -0.2) is 18.7 Å². The lowest BCUT2D eigenvalue weighted by molar-refractivity contribution is 0.151. The largest absolute Gasteiger partial charge is 0.266 e. The molecule has 0 unspecified atom stereocenters. The summed E-state index contributed by atoms with van der Waals surface area (Å²) in [5.41, 5.74) is 0.697. The Morgan fingerprint density at radius 2 is 1.81 bits per heavy atom. The summed E-state index contributed by atoms with van der Waals surface area (Å²) in [4.78, 5) is 11.8. The number of halogens is 2. The summed E-state index contributed by atoms with van der Waals surface area (Å²) in [6.45, 7) is 1.72. The lowest BCUT2D eigenvalue weighted by atomic mass is 10.1. The zero-order chi connectivity index (χ0) is 11.5. The summed E-state index contributed by atoms with van der Waals surface area (Å²) in [6.07, 6.45) is 1.95. The van der Waals surface area contributed by atoms with Gasteiger partial charge < -0.3 is 0 Å². The van der Waals surface area contributed by atoms with Gasteiger partial charge in [-0.1, -0.05) is 0 Å². The predicted molar refractivity (Wildman–Crippen MR) is 55.0 cm³/mol. The van der Waals surface area contributed by atoms with Crippen LogP contribution in [-0.2, 0) is 0 Å². The molecule has 2 heterocycles. The van der Waals surface area contributed by atoms with E-state index in [9.17, 15) is 8.78 Å².